The maximum atomic E-state index is 12.8. The Balaban J connectivity index is 3.98. The van der Waals surface area contributed by atoms with Crippen LogP contribution in [-0.4, -0.2) is 37.2 Å². The summed E-state index contributed by atoms with van der Waals surface area (Å²) in [4.78, 5) is 37.8. The summed E-state index contributed by atoms with van der Waals surface area (Å²) in [6.45, 7) is 6.48. The van der Waals surface area contributed by atoms with Crippen molar-refractivity contribution in [1.29, 1.82) is 0 Å². The smallest absolute Gasteiger partial charge is 0.306 e. The van der Waals surface area contributed by atoms with Crippen molar-refractivity contribution >= 4 is 17.9 Å². The maximum Gasteiger partial charge on any atom is 0.306 e. The maximum absolute atomic E-state index is 12.8. The van der Waals surface area contributed by atoms with Crippen LogP contribution in [-0.2, 0) is 28.6 Å². The molecule has 0 fully saturated rings. The van der Waals surface area contributed by atoms with Gasteiger partial charge in [0.15, 0.2) is 6.10 Å². The van der Waals surface area contributed by atoms with Gasteiger partial charge in [0.05, 0.1) is 0 Å². The number of hydrogen-bond donors (Lipinski definition) is 0. The Morgan fingerprint density at radius 3 is 0.847 bits per heavy atom. The minimum atomic E-state index is -0.769. The summed E-state index contributed by atoms with van der Waals surface area (Å²) in [6.07, 6.45) is 79.1. The molecule has 0 amide bonds. The highest BCUT2D eigenvalue weighted by Gasteiger charge is 2.19. The predicted octanol–water partition coefficient (Wildman–Crippen LogP) is 20.7. The van der Waals surface area contributed by atoms with E-state index in [0.717, 1.165) is 103 Å². The molecule has 0 spiro atoms. The highest BCUT2D eigenvalue weighted by molar-refractivity contribution is 5.71. The highest BCUT2D eigenvalue weighted by atomic mass is 16.6. The van der Waals surface area contributed by atoms with E-state index in [1.807, 2.05) is 0 Å². The number of esters is 3. The van der Waals surface area contributed by atoms with E-state index in [9.17, 15) is 14.4 Å². The lowest BCUT2D eigenvalue weighted by Gasteiger charge is -2.18. The zero-order valence-corrected chi connectivity index (χ0v) is 47.4. The molecule has 0 heterocycles. The summed E-state index contributed by atoms with van der Waals surface area (Å²) in [7, 11) is 0. The van der Waals surface area contributed by atoms with Gasteiger partial charge in [0.1, 0.15) is 13.2 Å². The van der Waals surface area contributed by atoms with Crippen LogP contribution in [0.25, 0.3) is 0 Å². The number of carbonyl (C=O) groups is 3. The second-order valence-corrected chi connectivity index (χ2v) is 20.2. The van der Waals surface area contributed by atoms with Crippen LogP contribution < -0.4 is 0 Å². The number of hydrogen-bond acceptors (Lipinski definition) is 6. The van der Waals surface area contributed by atoms with E-state index in [2.05, 4.69) is 106 Å². The van der Waals surface area contributed by atoms with E-state index in [0.29, 0.717) is 19.3 Å². The minimum absolute atomic E-state index is 0.0720. The molecule has 6 heteroatoms. The fraction of sp³-hybridized carbons (Fsp3) is 0.742. The fourth-order valence-corrected chi connectivity index (χ4v) is 8.60. The predicted molar refractivity (Wildman–Crippen MR) is 311 cm³/mol. The van der Waals surface area contributed by atoms with E-state index < -0.39 is 6.10 Å². The van der Waals surface area contributed by atoms with Crippen molar-refractivity contribution in [2.45, 2.75) is 303 Å². The monoisotopic (exact) mass is 1000 g/mol. The molecular formula is C66H114O6. The van der Waals surface area contributed by atoms with Gasteiger partial charge in [-0.3, -0.25) is 14.4 Å². The second kappa shape index (κ2) is 60.1. The average Bonchev–Trinajstić information content (AvgIpc) is 3.38. The Morgan fingerprint density at radius 1 is 0.292 bits per heavy atom. The molecular weight excluding hydrogens is 889 g/mol. The van der Waals surface area contributed by atoms with Gasteiger partial charge in [-0.1, -0.05) is 286 Å². The zero-order chi connectivity index (χ0) is 52.2. The number of rotatable bonds is 55. The molecule has 0 aliphatic heterocycles. The molecule has 0 aliphatic carbocycles. The standard InChI is InChI=1S/C66H114O6/c1-4-7-10-13-16-18-20-22-23-24-25-26-27-28-29-30-31-32-33-34-35-36-37-38-39-40-41-42-43-45-46-48-50-53-56-59-65(68)71-62-63(61-70-64(67)58-55-52-15-12-9-6-3)72-66(69)60-57-54-51-49-47-44-21-19-17-14-11-8-5-2/h7,10,16,18,22-23,25-26,28-29,31-32,34-35,63H,4-6,8-9,11-15,17,19-21,24,27,30,33,36-62H2,1-3H3/b10-7-,18-16-,23-22-,26-25-,29-28-,32-31-,35-34-. The van der Waals surface area contributed by atoms with Gasteiger partial charge in [-0.25, -0.2) is 0 Å². The summed E-state index contributed by atoms with van der Waals surface area (Å²) in [5.41, 5.74) is 0. The van der Waals surface area contributed by atoms with Crippen LogP contribution in [0.1, 0.15) is 297 Å². The van der Waals surface area contributed by atoms with Gasteiger partial charge < -0.3 is 14.2 Å². The van der Waals surface area contributed by atoms with E-state index >= 15 is 0 Å². The molecule has 0 N–H and O–H groups in total. The van der Waals surface area contributed by atoms with Crippen LogP contribution >= 0.6 is 0 Å². The molecule has 0 bridgehead atoms. The van der Waals surface area contributed by atoms with Crippen LogP contribution in [0.15, 0.2) is 85.1 Å². The Kier molecular flexibility index (Phi) is 57.3. The van der Waals surface area contributed by atoms with Crippen molar-refractivity contribution in [3.05, 3.63) is 85.1 Å². The van der Waals surface area contributed by atoms with Gasteiger partial charge in [0.2, 0.25) is 0 Å². The Morgan fingerprint density at radius 2 is 0.542 bits per heavy atom. The van der Waals surface area contributed by atoms with Crippen molar-refractivity contribution in [2.75, 3.05) is 13.2 Å². The van der Waals surface area contributed by atoms with Crippen molar-refractivity contribution in [3.8, 4) is 0 Å². The quantitative estimate of drug-likeness (QED) is 0.0261. The van der Waals surface area contributed by atoms with Gasteiger partial charge in [-0.05, 0) is 77.0 Å². The molecule has 0 saturated carbocycles. The molecule has 0 aromatic rings. The summed E-state index contributed by atoms with van der Waals surface area (Å²) in [5, 5.41) is 0. The van der Waals surface area contributed by atoms with Crippen molar-refractivity contribution in [1.82, 2.24) is 0 Å². The first-order valence-electron chi connectivity index (χ1n) is 30.6. The molecule has 6 nitrogen and oxygen atoms in total. The van der Waals surface area contributed by atoms with Crippen molar-refractivity contribution in [3.63, 3.8) is 0 Å². The third kappa shape index (κ3) is 57.5. The lowest BCUT2D eigenvalue weighted by molar-refractivity contribution is -0.167. The fourth-order valence-electron chi connectivity index (χ4n) is 8.60. The van der Waals surface area contributed by atoms with Crippen LogP contribution in [0.4, 0.5) is 0 Å². The number of ether oxygens (including phenoxy) is 3. The first-order valence-corrected chi connectivity index (χ1v) is 30.6. The third-order valence-corrected chi connectivity index (χ3v) is 13.2. The Labute approximate surface area is 445 Å². The lowest BCUT2D eigenvalue weighted by atomic mass is 10.0. The Hall–Kier alpha value is -3.41. The first-order chi connectivity index (χ1) is 35.5. The van der Waals surface area contributed by atoms with Crippen molar-refractivity contribution in [2.24, 2.45) is 0 Å². The van der Waals surface area contributed by atoms with Crippen LogP contribution in [0.5, 0.6) is 0 Å². The largest absolute Gasteiger partial charge is 0.462 e. The molecule has 1 atom stereocenters. The van der Waals surface area contributed by atoms with Crippen LogP contribution in [0.2, 0.25) is 0 Å². The topological polar surface area (TPSA) is 78.9 Å². The third-order valence-electron chi connectivity index (χ3n) is 13.2. The van der Waals surface area contributed by atoms with E-state index in [4.69, 9.17) is 14.2 Å². The highest BCUT2D eigenvalue weighted by Crippen LogP contribution is 2.16. The van der Waals surface area contributed by atoms with E-state index in [1.54, 1.807) is 0 Å². The normalized spacial score (nSPS) is 12.7. The van der Waals surface area contributed by atoms with Crippen LogP contribution in [0, 0.1) is 0 Å². The van der Waals surface area contributed by atoms with Crippen LogP contribution in [0.3, 0.4) is 0 Å². The van der Waals surface area contributed by atoms with Gasteiger partial charge in [0.25, 0.3) is 0 Å². The first kappa shape index (κ1) is 68.6. The average molecular weight is 1000 g/mol. The molecule has 0 radical (unpaired) electrons. The zero-order valence-electron chi connectivity index (χ0n) is 47.4. The summed E-state index contributed by atoms with van der Waals surface area (Å²) in [6, 6.07) is 0. The number of carbonyl (C=O) groups excluding carboxylic acids is 3. The SMILES string of the molecule is CC/C=C\C/C=C\C/C=C\C/C=C\C/C=C\C/C=C\C/C=C\CCCCCCCCCCCCCCCC(=O)OCC(COC(=O)CCCCCCCC)OC(=O)CCCCCCCCCCCCCCC. The summed E-state index contributed by atoms with van der Waals surface area (Å²) < 4.78 is 16.8. The van der Waals surface area contributed by atoms with E-state index in [-0.39, 0.29) is 31.1 Å². The molecule has 1 unspecified atom stereocenters. The van der Waals surface area contributed by atoms with Gasteiger partial charge in [-0.15, -0.1) is 0 Å². The molecule has 0 aromatic heterocycles. The molecule has 0 aromatic carbocycles. The summed E-state index contributed by atoms with van der Waals surface area (Å²) in [5.74, 6) is -0.874. The number of allylic oxidation sites excluding steroid dienone is 14. The Bertz CT molecular complexity index is 1380. The molecule has 0 saturated heterocycles. The van der Waals surface area contributed by atoms with Crippen molar-refractivity contribution < 1.29 is 28.6 Å². The van der Waals surface area contributed by atoms with Gasteiger partial charge in [-0.2, -0.15) is 0 Å². The van der Waals surface area contributed by atoms with Gasteiger partial charge >= 0.3 is 17.9 Å². The summed E-state index contributed by atoms with van der Waals surface area (Å²) >= 11 is 0. The molecule has 0 aliphatic rings. The second-order valence-electron chi connectivity index (χ2n) is 20.2. The molecule has 72 heavy (non-hydrogen) atoms. The van der Waals surface area contributed by atoms with Gasteiger partial charge in [0, 0.05) is 19.3 Å². The molecule has 0 rings (SSSR count). The minimum Gasteiger partial charge on any atom is -0.462 e. The lowest BCUT2D eigenvalue weighted by Crippen LogP contribution is -2.30. The van der Waals surface area contributed by atoms with E-state index in [1.165, 1.54) is 154 Å². The molecule has 414 valence electrons. The number of unbranched alkanes of at least 4 members (excludes halogenated alkanes) is 30.